The molecule has 0 aromatic heterocycles. The molecule has 0 spiro atoms. The molecule has 0 aliphatic carbocycles. The maximum Gasteiger partial charge on any atom is 0.0825 e. The molecule has 0 bridgehead atoms. The van der Waals surface area contributed by atoms with E-state index in [2.05, 4.69) is 17.0 Å². The summed E-state index contributed by atoms with van der Waals surface area (Å²) in [5.41, 5.74) is 0. The number of hydrogen-bond donors (Lipinski definition) is 0. The van der Waals surface area contributed by atoms with Gasteiger partial charge in [0.2, 0.25) is 0 Å². The van der Waals surface area contributed by atoms with Crippen LogP contribution in [0.4, 0.5) is 0 Å². The summed E-state index contributed by atoms with van der Waals surface area (Å²) in [4.78, 5) is 11.7. The Morgan fingerprint density at radius 3 is 2.09 bits per heavy atom. The maximum atomic E-state index is 9.66. The van der Waals surface area contributed by atoms with Crippen molar-refractivity contribution < 1.29 is 0 Å². The summed E-state index contributed by atoms with van der Waals surface area (Å²) < 4.78 is 0. The zero-order chi connectivity index (χ0) is 9.28. The average Bonchev–Trinajstić information content (AvgIpc) is 2.03. The molecule has 0 fully saturated rings. The van der Waals surface area contributed by atoms with Gasteiger partial charge in [-0.1, -0.05) is 19.0 Å². The van der Waals surface area contributed by atoms with E-state index in [1.54, 1.807) is 0 Å². The molecule has 0 heterocycles. The first-order valence-electron chi connectivity index (χ1n) is 4.14. The fraction of sp³-hybridized carbons (Fsp3) is 1.00. The van der Waals surface area contributed by atoms with E-state index in [1.807, 2.05) is 27.9 Å². The molecule has 0 aromatic carbocycles. The van der Waals surface area contributed by atoms with Gasteiger partial charge in [0.15, 0.2) is 0 Å². The van der Waals surface area contributed by atoms with E-state index in [0.29, 0.717) is 12.6 Å². The third kappa shape index (κ3) is 9.56. The number of rotatable bonds is 4. The molecule has 1 atom stereocenters. The summed E-state index contributed by atoms with van der Waals surface area (Å²) >= 11 is 0. The molecule has 0 saturated carbocycles. The minimum Gasteiger partial charge on any atom is -0.307 e. The number of nitroso groups, excluding NO2 is 1. The molecule has 3 heteroatoms. The molecule has 0 N–H and O–H groups in total. The van der Waals surface area contributed by atoms with Crippen LogP contribution in [0, 0.1) is 4.91 Å². The van der Waals surface area contributed by atoms with Crippen LogP contribution in [-0.4, -0.2) is 31.6 Å². The lowest BCUT2D eigenvalue weighted by molar-refractivity contribution is 0.302. The summed E-state index contributed by atoms with van der Waals surface area (Å²) in [7, 11) is 3.99. The van der Waals surface area contributed by atoms with E-state index < -0.39 is 0 Å². The van der Waals surface area contributed by atoms with E-state index in [1.165, 1.54) is 0 Å². The Labute approximate surface area is 69.8 Å². The van der Waals surface area contributed by atoms with E-state index in [4.69, 9.17) is 0 Å². The molecule has 68 valence electrons. The van der Waals surface area contributed by atoms with Gasteiger partial charge in [-0.05, 0) is 27.4 Å². The average molecular weight is 160 g/mol. The molecule has 3 nitrogen and oxygen atoms in total. The van der Waals surface area contributed by atoms with Crippen molar-refractivity contribution in [2.24, 2.45) is 5.18 Å². The van der Waals surface area contributed by atoms with Crippen LogP contribution in [0.25, 0.3) is 0 Å². The highest BCUT2D eigenvalue weighted by molar-refractivity contribution is 4.59. The second kappa shape index (κ2) is 9.56. The molecule has 0 rings (SSSR count). The van der Waals surface area contributed by atoms with Gasteiger partial charge in [0.1, 0.15) is 0 Å². The van der Waals surface area contributed by atoms with E-state index in [-0.39, 0.29) is 0 Å². The fourth-order valence-electron chi connectivity index (χ4n) is 0.498. The predicted octanol–water partition coefficient (Wildman–Crippen LogP) is 2.12. The lowest BCUT2D eigenvalue weighted by Crippen LogP contribution is -2.24. The zero-order valence-corrected chi connectivity index (χ0v) is 8.29. The Morgan fingerprint density at radius 1 is 1.36 bits per heavy atom. The number of nitrogens with zero attached hydrogens (tertiary/aromatic N) is 2. The van der Waals surface area contributed by atoms with Crippen molar-refractivity contribution >= 4 is 0 Å². The van der Waals surface area contributed by atoms with Crippen molar-refractivity contribution in [3.63, 3.8) is 0 Å². The minimum absolute atomic E-state index is 0.430. The summed E-state index contributed by atoms with van der Waals surface area (Å²) in [6.07, 6.45) is 0.858. The Bertz CT molecular complexity index is 84.2. The topological polar surface area (TPSA) is 32.7 Å². The fourth-order valence-corrected chi connectivity index (χ4v) is 0.498. The third-order valence-corrected chi connectivity index (χ3v) is 1.52. The standard InChI is InChI=1S/C6H14N2O.C2H6/c1-6(8(2)3)4-5-7-9;1-2/h6H,4-5H2,1-3H3;1-2H3. The van der Waals surface area contributed by atoms with Crippen LogP contribution in [0.3, 0.4) is 0 Å². The van der Waals surface area contributed by atoms with E-state index in [9.17, 15) is 4.91 Å². The van der Waals surface area contributed by atoms with Crippen molar-refractivity contribution in [1.82, 2.24) is 4.90 Å². The summed E-state index contributed by atoms with van der Waals surface area (Å²) in [5, 5.41) is 2.78. The van der Waals surface area contributed by atoms with Crippen molar-refractivity contribution in [2.75, 3.05) is 20.6 Å². The quantitative estimate of drug-likeness (QED) is 0.590. The summed E-state index contributed by atoms with van der Waals surface area (Å²) in [6, 6.07) is 0.461. The van der Waals surface area contributed by atoms with E-state index in [0.717, 1.165) is 6.42 Å². The van der Waals surface area contributed by atoms with Gasteiger partial charge in [0, 0.05) is 6.04 Å². The van der Waals surface area contributed by atoms with Crippen LogP contribution >= 0.6 is 0 Å². The Hall–Kier alpha value is -0.440. The predicted molar refractivity (Wildman–Crippen MR) is 49.8 cm³/mol. The van der Waals surface area contributed by atoms with Crippen molar-refractivity contribution in [2.45, 2.75) is 33.2 Å². The highest BCUT2D eigenvalue weighted by Gasteiger charge is 2.02. The third-order valence-electron chi connectivity index (χ3n) is 1.52. The van der Waals surface area contributed by atoms with Gasteiger partial charge in [-0.25, -0.2) is 0 Å². The van der Waals surface area contributed by atoms with Crippen LogP contribution in [0.2, 0.25) is 0 Å². The highest BCUT2D eigenvalue weighted by Crippen LogP contribution is 1.96. The first-order valence-corrected chi connectivity index (χ1v) is 4.14. The van der Waals surface area contributed by atoms with E-state index >= 15 is 0 Å². The molecule has 0 aromatic rings. The lowest BCUT2D eigenvalue weighted by Gasteiger charge is -2.17. The normalized spacial score (nSPS) is 11.8. The Morgan fingerprint density at radius 2 is 1.82 bits per heavy atom. The summed E-state index contributed by atoms with van der Waals surface area (Å²) in [5.74, 6) is 0. The molecule has 11 heavy (non-hydrogen) atoms. The largest absolute Gasteiger partial charge is 0.307 e. The monoisotopic (exact) mass is 160 g/mol. The van der Waals surface area contributed by atoms with Gasteiger partial charge in [-0.2, -0.15) is 4.91 Å². The van der Waals surface area contributed by atoms with Crippen molar-refractivity contribution in [3.8, 4) is 0 Å². The first-order chi connectivity index (χ1) is 5.18. The molecular weight excluding hydrogens is 140 g/mol. The molecule has 0 amide bonds. The molecule has 0 aliphatic heterocycles. The summed E-state index contributed by atoms with van der Waals surface area (Å²) in [6.45, 7) is 6.50. The van der Waals surface area contributed by atoms with Crippen LogP contribution in [0.15, 0.2) is 5.18 Å². The van der Waals surface area contributed by atoms with Gasteiger partial charge in [-0.15, -0.1) is 0 Å². The first kappa shape index (κ1) is 13.2. The van der Waals surface area contributed by atoms with Gasteiger partial charge in [0.25, 0.3) is 0 Å². The van der Waals surface area contributed by atoms with Crippen LogP contribution in [-0.2, 0) is 0 Å². The highest BCUT2D eigenvalue weighted by atomic mass is 16.3. The second-order valence-corrected chi connectivity index (χ2v) is 2.45. The minimum atomic E-state index is 0.430. The molecule has 0 radical (unpaired) electrons. The molecule has 1 unspecified atom stereocenters. The van der Waals surface area contributed by atoms with Crippen molar-refractivity contribution in [1.29, 1.82) is 0 Å². The molecule has 0 saturated heterocycles. The van der Waals surface area contributed by atoms with Gasteiger partial charge < -0.3 is 4.90 Å². The molecule has 0 aliphatic rings. The van der Waals surface area contributed by atoms with Crippen molar-refractivity contribution in [3.05, 3.63) is 4.91 Å². The second-order valence-electron chi connectivity index (χ2n) is 2.45. The van der Waals surface area contributed by atoms with Gasteiger partial charge in [0.05, 0.1) is 6.54 Å². The lowest BCUT2D eigenvalue weighted by atomic mass is 10.2. The van der Waals surface area contributed by atoms with Crippen LogP contribution < -0.4 is 0 Å². The Balaban J connectivity index is 0. The Kier molecular flexibility index (Phi) is 11.4. The van der Waals surface area contributed by atoms with Gasteiger partial charge >= 0.3 is 0 Å². The maximum absolute atomic E-state index is 9.66. The van der Waals surface area contributed by atoms with Crippen LogP contribution in [0.5, 0.6) is 0 Å². The smallest absolute Gasteiger partial charge is 0.0825 e. The molecular formula is C8H20N2O. The SMILES string of the molecule is CC.CC(CCN=O)N(C)C. The number of hydrogen-bond acceptors (Lipinski definition) is 3. The van der Waals surface area contributed by atoms with Crippen LogP contribution in [0.1, 0.15) is 27.2 Å². The van der Waals surface area contributed by atoms with Gasteiger partial charge in [-0.3, -0.25) is 0 Å². The zero-order valence-electron chi connectivity index (χ0n) is 8.29.